The first kappa shape index (κ1) is 15.9. The second-order valence-electron chi connectivity index (χ2n) is 7.16. The summed E-state index contributed by atoms with van der Waals surface area (Å²) in [6.07, 6.45) is 10.6. The normalized spacial score (nSPS) is 26.8. The van der Waals surface area contributed by atoms with Crippen LogP contribution < -0.4 is 10.6 Å². The fourth-order valence-electron chi connectivity index (χ4n) is 4.77. The first-order valence-electron chi connectivity index (χ1n) is 9.18. The average molecular weight is 336 g/mol. The second-order valence-corrected chi connectivity index (χ2v) is 10.2. The van der Waals surface area contributed by atoms with Crippen LogP contribution in [0.25, 0.3) is 0 Å². The Morgan fingerprint density at radius 1 is 0.792 bits per heavy atom. The topological polar surface area (TPSA) is 17.1 Å². The fraction of sp³-hybridized carbons (Fsp3) is 0.364. The van der Waals surface area contributed by atoms with E-state index in [1.807, 2.05) is 36.4 Å². The molecular weight excluding hydrogens is 311 g/mol. The third-order valence-corrected chi connectivity index (χ3v) is 9.58. The zero-order valence-electron chi connectivity index (χ0n) is 14.1. The van der Waals surface area contributed by atoms with Crippen molar-refractivity contribution in [1.29, 1.82) is 0 Å². The van der Waals surface area contributed by atoms with Gasteiger partial charge in [-0.3, -0.25) is 0 Å². The smallest absolute Gasteiger partial charge is 0.146 e. The first-order chi connectivity index (χ1) is 11.8. The molecule has 3 atom stereocenters. The summed E-state index contributed by atoms with van der Waals surface area (Å²) >= 11 is 0. The lowest BCUT2D eigenvalue weighted by Gasteiger charge is -2.34. The van der Waals surface area contributed by atoms with Crippen molar-refractivity contribution >= 4 is 17.8 Å². The Balaban J connectivity index is 1.86. The van der Waals surface area contributed by atoms with Crippen LogP contribution in [0.5, 0.6) is 0 Å². The first-order valence-corrected chi connectivity index (χ1v) is 11.0. The van der Waals surface area contributed by atoms with Gasteiger partial charge in [-0.1, -0.05) is 79.2 Å². The molecule has 0 amide bonds. The third-order valence-electron chi connectivity index (χ3n) is 5.88. The van der Waals surface area contributed by atoms with Gasteiger partial charge in [-0.15, -0.1) is 0 Å². The molecule has 2 aliphatic rings. The van der Waals surface area contributed by atoms with Crippen molar-refractivity contribution < 1.29 is 4.57 Å². The standard InChI is InChI=1S/C22H25OP/c23-24(19-12-3-1-4-13-19,20-14-5-2-6-15-20)22-17-8-7-10-18-11-9-16-21(18)22/h1-7,10,12-15,18,21-22H,8-9,11,16-17H2/t18-,21+,22+/m0/s1. The Morgan fingerprint density at radius 2 is 1.42 bits per heavy atom. The van der Waals surface area contributed by atoms with Crippen LogP contribution >= 0.6 is 7.14 Å². The highest BCUT2D eigenvalue weighted by molar-refractivity contribution is 7.79. The summed E-state index contributed by atoms with van der Waals surface area (Å²) in [6, 6.07) is 20.5. The summed E-state index contributed by atoms with van der Waals surface area (Å²) in [5.74, 6) is 1.19. The molecule has 1 nitrogen and oxygen atoms in total. The van der Waals surface area contributed by atoms with Gasteiger partial charge in [0, 0.05) is 16.3 Å². The highest BCUT2D eigenvalue weighted by atomic mass is 31.2. The fourth-order valence-corrected chi connectivity index (χ4v) is 8.48. The van der Waals surface area contributed by atoms with Crippen molar-refractivity contribution in [3.05, 3.63) is 72.8 Å². The molecule has 0 N–H and O–H groups in total. The molecule has 2 heteroatoms. The zero-order valence-corrected chi connectivity index (χ0v) is 14.9. The molecule has 0 radical (unpaired) electrons. The largest absolute Gasteiger partial charge is 0.313 e. The van der Waals surface area contributed by atoms with Gasteiger partial charge >= 0.3 is 0 Å². The van der Waals surface area contributed by atoms with E-state index in [1.165, 1.54) is 19.3 Å². The van der Waals surface area contributed by atoms with Crippen molar-refractivity contribution in [3.8, 4) is 0 Å². The second kappa shape index (κ2) is 6.73. The number of hydrogen-bond acceptors (Lipinski definition) is 1. The maximum atomic E-state index is 14.6. The molecule has 0 bridgehead atoms. The van der Waals surface area contributed by atoms with Gasteiger partial charge in [0.25, 0.3) is 0 Å². The van der Waals surface area contributed by atoms with E-state index in [-0.39, 0.29) is 5.66 Å². The minimum absolute atomic E-state index is 0.268. The van der Waals surface area contributed by atoms with Crippen LogP contribution in [0.2, 0.25) is 0 Å². The van der Waals surface area contributed by atoms with Gasteiger partial charge in [-0.2, -0.15) is 0 Å². The number of benzene rings is 2. The molecule has 0 aliphatic heterocycles. The molecule has 1 saturated carbocycles. The number of fused-ring (bicyclic) bond motifs is 1. The molecule has 0 heterocycles. The van der Waals surface area contributed by atoms with Crippen LogP contribution in [-0.2, 0) is 4.57 Å². The maximum absolute atomic E-state index is 14.6. The van der Waals surface area contributed by atoms with Crippen molar-refractivity contribution in [3.63, 3.8) is 0 Å². The predicted octanol–water partition coefficient (Wildman–Crippen LogP) is 5.14. The summed E-state index contributed by atoms with van der Waals surface area (Å²) in [7, 11) is -2.64. The molecule has 124 valence electrons. The van der Waals surface area contributed by atoms with Gasteiger partial charge in [-0.05, 0) is 37.5 Å². The van der Waals surface area contributed by atoms with Gasteiger partial charge in [0.1, 0.15) is 7.14 Å². The van der Waals surface area contributed by atoms with Gasteiger partial charge in [0.15, 0.2) is 0 Å². The Bertz CT molecular complexity index is 707. The summed E-state index contributed by atoms with van der Waals surface area (Å²) in [5.41, 5.74) is 0.268. The van der Waals surface area contributed by atoms with E-state index in [9.17, 15) is 4.57 Å². The van der Waals surface area contributed by atoms with Crippen LogP contribution in [0, 0.1) is 11.8 Å². The maximum Gasteiger partial charge on any atom is 0.146 e. The highest BCUT2D eigenvalue weighted by Gasteiger charge is 2.45. The van der Waals surface area contributed by atoms with Gasteiger partial charge in [-0.25, -0.2) is 0 Å². The molecule has 4 rings (SSSR count). The SMILES string of the molecule is O=P(c1ccccc1)(c1ccccc1)[C@@H]1CCC=C[C@H]2CCC[C@@H]12. The van der Waals surface area contributed by atoms with Crippen LogP contribution in [0.15, 0.2) is 72.8 Å². The summed E-state index contributed by atoms with van der Waals surface area (Å²) in [5, 5.41) is 2.07. The Kier molecular flexibility index (Phi) is 4.46. The molecule has 2 aliphatic carbocycles. The summed E-state index contributed by atoms with van der Waals surface area (Å²) < 4.78 is 14.6. The molecule has 24 heavy (non-hydrogen) atoms. The van der Waals surface area contributed by atoms with Gasteiger partial charge in [0.05, 0.1) is 0 Å². The Morgan fingerprint density at radius 3 is 2.04 bits per heavy atom. The van der Waals surface area contributed by atoms with Crippen LogP contribution in [0.4, 0.5) is 0 Å². The lowest BCUT2D eigenvalue weighted by Crippen LogP contribution is -2.32. The molecule has 0 unspecified atom stereocenters. The van der Waals surface area contributed by atoms with Crippen molar-refractivity contribution in [2.75, 3.05) is 0 Å². The van der Waals surface area contributed by atoms with E-state index >= 15 is 0 Å². The summed E-state index contributed by atoms with van der Waals surface area (Å²) in [4.78, 5) is 0. The number of allylic oxidation sites excluding steroid dienone is 2. The van der Waals surface area contributed by atoms with Crippen molar-refractivity contribution in [2.24, 2.45) is 11.8 Å². The summed E-state index contributed by atoms with van der Waals surface area (Å²) in [6.45, 7) is 0. The Hall–Kier alpha value is -1.59. The molecule has 1 fully saturated rings. The lowest BCUT2D eigenvalue weighted by molar-refractivity contribution is 0.422. The highest BCUT2D eigenvalue weighted by Crippen LogP contribution is 2.58. The third kappa shape index (κ3) is 2.70. The lowest BCUT2D eigenvalue weighted by atomic mass is 9.93. The van der Waals surface area contributed by atoms with E-state index < -0.39 is 7.14 Å². The van der Waals surface area contributed by atoms with E-state index in [1.54, 1.807) is 0 Å². The van der Waals surface area contributed by atoms with Gasteiger partial charge < -0.3 is 4.57 Å². The van der Waals surface area contributed by atoms with Crippen molar-refractivity contribution in [2.45, 2.75) is 37.8 Å². The Labute approximate surface area is 145 Å². The van der Waals surface area contributed by atoms with E-state index in [2.05, 4.69) is 36.4 Å². The number of rotatable bonds is 3. The molecule has 0 aromatic heterocycles. The van der Waals surface area contributed by atoms with Gasteiger partial charge in [0.2, 0.25) is 0 Å². The van der Waals surface area contributed by atoms with Crippen molar-refractivity contribution in [1.82, 2.24) is 0 Å². The monoisotopic (exact) mass is 336 g/mol. The molecule has 2 aromatic carbocycles. The molecule has 2 aromatic rings. The van der Waals surface area contributed by atoms with Crippen LogP contribution in [0.3, 0.4) is 0 Å². The molecular formula is C22H25OP. The zero-order chi connectivity index (χ0) is 16.4. The van der Waals surface area contributed by atoms with E-state index in [4.69, 9.17) is 0 Å². The quantitative estimate of drug-likeness (QED) is 0.560. The minimum atomic E-state index is -2.64. The molecule has 0 spiro atoms. The molecule has 0 saturated heterocycles. The van der Waals surface area contributed by atoms with E-state index in [0.717, 1.165) is 23.5 Å². The number of hydrogen-bond donors (Lipinski definition) is 0. The minimum Gasteiger partial charge on any atom is -0.313 e. The van der Waals surface area contributed by atoms with Crippen LogP contribution in [-0.4, -0.2) is 5.66 Å². The average Bonchev–Trinajstić information content (AvgIpc) is 3.01. The predicted molar refractivity (Wildman–Crippen MR) is 103 cm³/mol. The van der Waals surface area contributed by atoms with E-state index in [0.29, 0.717) is 11.8 Å². The van der Waals surface area contributed by atoms with Crippen LogP contribution in [0.1, 0.15) is 32.1 Å².